The molecule has 0 spiro atoms. The number of carbonyl (C=O) groups is 2. The number of ether oxygens (including phenoxy) is 1. The molecule has 0 aromatic heterocycles. The van der Waals surface area contributed by atoms with Gasteiger partial charge in [0.05, 0.1) is 7.11 Å². The molecule has 6 nitrogen and oxygen atoms in total. The summed E-state index contributed by atoms with van der Waals surface area (Å²) in [5, 5.41) is 3.14. The third kappa shape index (κ3) is 5.88. The van der Waals surface area contributed by atoms with Gasteiger partial charge in [-0.15, -0.1) is 0 Å². The second-order valence-corrected chi connectivity index (χ2v) is 8.84. The molecule has 2 fully saturated rings. The Hall–Kier alpha value is -2.86. The maximum Gasteiger partial charge on any atom is 0.251 e. The van der Waals surface area contributed by atoms with E-state index in [1.807, 2.05) is 41.3 Å². The maximum atomic E-state index is 12.8. The lowest BCUT2D eigenvalue weighted by molar-refractivity contribution is -0.131. The predicted molar refractivity (Wildman–Crippen MR) is 124 cm³/mol. The first-order chi connectivity index (χ1) is 15.6. The molecule has 6 heteroatoms. The van der Waals surface area contributed by atoms with Crippen molar-refractivity contribution in [3.8, 4) is 5.75 Å². The van der Waals surface area contributed by atoms with E-state index in [2.05, 4.69) is 22.3 Å². The number of benzene rings is 2. The van der Waals surface area contributed by atoms with Crippen LogP contribution in [0.4, 0.5) is 0 Å². The van der Waals surface area contributed by atoms with Crippen LogP contribution >= 0.6 is 0 Å². The quantitative estimate of drug-likeness (QED) is 0.722. The number of methoxy groups -OCH3 is 1. The standard InChI is InChI=1S/C26H33N3O3/c1-32-24-6-4-5-21(17-24)19-29-16-13-23(11-12-25(29)30)27-26(31)22-9-7-20(8-10-22)18-28-14-2-3-15-28/h4-10,17,23H,2-3,11-16,18-19H2,1H3,(H,27,31). The van der Waals surface area contributed by atoms with Crippen LogP contribution in [0.3, 0.4) is 0 Å². The first-order valence-electron chi connectivity index (χ1n) is 11.6. The van der Waals surface area contributed by atoms with E-state index >= 15 is 0 Å². The molecular weight excluding hydrogens is 402 g/mol. The van der Waals surface area contributed by atoms with Gasteiger partial charge in [-0.2, -0.15) is 0 Å². The molecule has 0 radical (unpaired) electrons. The van der Waals surface area contributed by atoms with E-state index in [1.54, 1.807) is 7.11 Å². The molecule has 4 rings (SSSR count). The molecule has 1 unspecified atom stereocenters. The molecule has 0 bridgehead atoms. The second kappa shape index (κ2) is 10.6. The third-order valence-electron chi connectivity index (χ3n) is 6.47. The first kappa shape index (κ1) is 22.3. The van der Waals surface area contributed by atoms with E-state index in [9.17, 15) is 9.59 Å². The fourth-order valence-corrected chi connectivity index (χ4v) is 4.57. The maximum absolute atomic E-state index is 12.8. The van der Waals surface area contributed by atoms with E-state index in [0.717, 1.165) is 37.4 Å². The lowest BCUT2D eigenvalue weighted by Gasteiger charge is -2.21. The number of likely N-dealkylation sites (tertiary alicyclic amines) is 2. The summed E-state index contributed by atoms with van der Waals surface area (Å²) in [6.45, 7) is 4.48. The van der Waals surface area contributed by atoms with Gasteiger partial charge in [0.15, 0.2) is 0 Å². The Morgan fingerprint density at radius 3 is 2.53 bits per heavy atom. The molecule has 2 amide bonds. The number of amides is 2. The minimum Gasteiger partial charge on any atom is -0.497 e. The van der Waals surface area contributed by atoms with Gasteiger partial charge >= 0.3 is 0 Å². The molecule has 32 heavy (non-hydrogen) atoms. The molecule has 1 atom stereocenters. The van der Waals surface area contributed by atoms with Gasteiger partial charge in [0.1, 0.15) is 5.75 Å². The highest BCUT2D eigenvalue weighted by atomic mass is 16.5. The summed E-state index contributed by atoms with van der Waals surface area (Å²) >= 11 is 0. The molecule has 2 aliphatic rings. The van der Waals surface area contributed by atoms with Crippen molar-refractivity contribution in [2.75, 3.05) is 26.7 Å². The Morgan fingerprint density at radius 2 is 1.78 bits per heavy atom. The summed E-state index contributed by atoms with van der Waals surface area (Å²) in [5.41, 5.74) is 2.98. The number of carbonyl (C=O) groups excluding carboxylic acids is 2. The third-order valence-corrected chi connectivity index (χ3v) is 6.47. The van der Waals surface area contributed by atoms with Crippen LogP contribution < -0.4 is 10.1 Å². The summed E-state index contributed by atoms with van der Waals surface area (Å²) in [7, 11) is 1.64. The van der Waals surface area contributed by atoms with Crippen molar-refractivity contribution in [2.45, 2.75) is 51.2 Å². The monoisotopic (exact) mass is 435 g/mol. The van der Waals surface area contributed by atoms with Crippen molar-refractivity contribution in [1.82, 2.24) is 15.1 Å². The van der Waals surface area contributed by atoms with E-state index in [-0.39, 0.29) is 17.9 Å². The SMILES string of the molecule is COc1cccc(CN2CCC(NC(=O)c3ccc(CN4CCCC4)cc3)CCC2=O)c1. The van der Waals surface area contributed by atoms with Crippen molar-refractivity contribution in [1.29, 1.82) is 0 Å². The molecule has 0 saturated carbocycles. The van der Waals surface area contributed by atoms with Crippen molar-refractivity contribution >= 4 is 11.8 Å². The van der Waals surface area contributed by atoms with E-state index < -0.39 is 0 Å². The van der Waals surface area contributed by atoms with Gasteiger partial charge in [0.2, 0.25) is 5.91 Å². The Morgan fingerprint density at radius 1 is 1.00 bits per heavy atom. The second-order valence-electron chi connectivity index (χ2n) is 8.84. The highest BCUT2D eigenvalue weighted by molar-refractivity contribution is 5.94. The summed E-state index contributed by atoms with van der Waals surface area (Å²) in [5.74, 6) is 0.869. The number of rotatable bonds is 7. The van der Waals surface area contributed by atoms with E-state index in [4.69, 9.17) is 4.74 Å². The van der Waals surface area contributed by atoms with Crippen LogP contribution in [0.2, 0.25) is 0 Å². The summed E-state index contributed by atoms with van der Waals surface area (Å²) in [6, 6.07) is 15.8. The number of nitrogens with zero attached hydrogens (tertiary/aromatic N) is 2. The van der Waals surface area contributed by atoms with Gasteiger partial charge in [-0.1, -0.05) is 24.3 Å². The Labute approximate surface area is 190 Å². The van der Waals surface area contributed by atoms with Crippen LogP contribution in [0.25, 0.3) is 0 Å². The zero-order chi connectivity index (χ0) is 22.3. The average molecular weight is 436 g/mol. The molecule has 0 aliphatic carbocycles. The molecule has 2 aromatic carbocycles. The molecule has 2 saturated heterocycles. The zero-order valence-electron chi connectivity index (χ0n) is 18.9. The number of nitrogens with one attached hydrogen (secondary N) is 1. The van der Waals surface area contributed by atoms with Gasteiger partial charge in [0, 0.05) is 37.7 Å². The van der Waals surface area contributed by atoms with Crippen LogP contribution in [-0.2, 0) is 17.9 Å². The minimum atomic E-state index is -0.0589. The Bertz CT molecular complexity index is 922. The van der Waals surface area contributed by atoms with Crippen LogP contribution in [0.1, 0.15) is 53.6 Å². The van der Waals surface area contributed by atoms with Crippen molar-refractivity contribution in [3.63, 3.8) is 0 Å². The van der Waals surface area contributed by atoms with Crippen molar-refractivity contribution < 1.29 is 14.3 Å². The minimum absolute atomic E-state index is 0.00559. The number of hydrogen-bond donors (Lipinski definition) is 1. The van der Waals surface area contributed by atoms with Crippen molar-refractivity contribution in [2.24, 2.45) is 0 Å². The molecular formula is C26H33N3O3. The summed E-state index contributed by atoms with van der Waals surface area (Å²) in [4.78, 5) is 29.7. The molecule has 1 N–H and O–H groups in total. The predicted octanol–water partition coefficient (Wildman–Crippen LogP) is 3.60. The van der Waals surface area contributed by atoms with E-state index in [1.165, 1.54) is 18.4 Å². The van der Waals surface area contributed by atoms with Gasteiger partial charge in [-0.3, -0.25) is 14.5 Å². The van der Waals surface area contributed by atoms with Crippen LogP contribution in [0.5, 0.6) is 5.75 Å². The smallest absolute Gasteiger partial charge is 0.251 e. The van der Waals surface area contributed by atoms with Crippen LogP contribution in [0, 0.1) is 0 Å². The normalized spacial score (nSPS) is 19.6. The van der Waals surface area contributed by atoms with Gasteiger partial charge in [0.25, 0.3) is 5.91 Å². The van der Waals surface area contributed by atoms with Crippen LogP contribution in [0.15, 0.2) is 48.5 Å². The summed E-state index contributed by atoms with van der Waals surface area (Å²) < 4.78 is 5.29. The molecule has 2 aliphatic heterocycles. The van der Waals surface area contributed by atoms with Gasteiger partial charge < -0.3 is 15.0 Å². The fourth-order valence-electron chi connectivity index (χ4n) is 4.57. The average Bonchev–Trinajstić information content (AvgIpc) is 3.27. The molecule has 2 heterocycles. The first-order valence-corrected chi connectivity index (χ1v) is 11.6. The van der Waals surface area contributed by atoms with Crippen LogP contribution in [-0.4, -0.2) is 54.4 Å². The highest BCUT2D eigenvalue weighted by Gasteiger charge is 2.24. The largest absolute Gasteiger partial charge is 0.497 e. The molecule has 170 valence electrons. The van der Waals surface area contributed by atoms with Crippen molar-refractivity contribution in [3.05, 3.63) is 65.2 Å². The fraction of sp³-hybridized carbons (Fsp3) is 0.462. The molecule has 2 aromatic rings. The highest BCUT2D eigenvalue weighted by Crippen LogP contribution is 2.19. The summed E-state index contributed by atoms with van der Waals surface area (Å²) in [6.07, 6.45) is 4.44. The Kier molecular flexibility index (Phi) is 7.43. The van der Waals surface area contributed by atoms with E-state index in [0.29, 0.717) is 31.5 Å². The lowest BCUT2D eigenvalue weighted by Crippen LogP contribution is -2.35. The van der Waals surface area contributed by atoms with Gasteiger partial charge in [-0.05, 0) is 74.2 Å². The Balaban J connectivity index is 1.29. The topological polar surface area (TPSA) is 61.9 Å². The zero-order valence-corrected chi connectivity index (χ0v) is 18.9. The number of hydrogen-bond acceptors (Lipinski definition) is 4. The lowest BCUT2D eigenvalue weighted by atomic mass is 10.1. The van der Waals surface area contributed by atoms with Gasteiger partial charge in [-0.25, -0.2) is 0 Å².